The third-order valence-corrected chi connectivity index (χ3v) is 4.00. The fourth-order valence-corrected chi connectivity index (χ4v) is 2.80. The van der Waals surface area contributed by atoms with Crippen molar-refractivity contribution < 1.29 is 4.74 Å². The molecule has 0 bridgehead atoms. The summed E-state index contributed by atoms with van der Waals surface area (Å²) in [5.41, 5.74) is 3.86. The number of thiocarbonyl (C=S) groups is 1. The number of aliphatic imine (C=N–C) groups is 1. The number of H-pyrrole nitrogens is 1. The Morgan fingerprint density at radius 1 is 1.23 bits per heavy atom. The Labute approximate surface area is 155 Å². The number of isothiocyanates is 1. The minimum Gasteiger partial charge on any atom is -0.496 e. The monoisotopic (exact) mass is 356 g/mol. The van der Waals surface area contributed by atoms with Gasteiger partial charge in [0, 0.05) is 28.2 Å². The van der Waals surface area contributed by atoms with Crippen LogP contribution >= 0.6 is 12.2 Å². The van der Waals surface area contributed by atoms with Crippen molar-refractivity contribution >= 4 is 45.6 Å². The molecule has 2 aromatic carbocycles. The highest BCUT2D eigenvalue weighted by molar-refractivity contribution is 7.78. The number of methoxy groups -OCH3 is 1. The number of fused-ring (bicyclic) bond motifs is 1. The summed E-state index contributed by atoms with van der Waals surface area (Å²) >= 11 is 4.65. The van der Waals surface area contributed by atoms with Crippen LogP contribution in [-0.2, 0) is 0 Å². The summed E-state index contributed by atoms with van der Waals surface area (Å²) in [4.78, 5) is 7.13. The highest BCUT2D eigenvalue weighted by Gasteiger charge is 2.11. The maximum Gasteiger partial charge on any atom is 0.126 e. The lowest BCUT2D eigenvalue weighted by atomic mass is 10.0. The molecule has 0 spiro atoms. The summed E-state index contributed by atoms with van der Waals surface area (Å²) < 4.78 is 5.34. The lowest BCUT2D eigenvalue weighted by molar-refractivity contribution is 0.414. The van der Waals surface area contributed by atoms with E-state index in [1.165, 1.54) is 0 Å². The zero-order chi connectivity index (χ0) is 18.5. The number of aromatic nitrogens is 1. The minimum absolute atomic E-state index is 0.438. The van der Waals surface area contributed by atoms with Gasteiger partial charge >= 0.3 is 0 Å². The maximum absolute atomic E-state index is 9.69. The van der Waals surface area contributed by atoms with Crippen molar-refractivity contribution in [2.75, 3.05) is 7.11 Å². The molecule has 0 saturated carbocycles. The Kier molecular flexibility index (Phi) is 4.92. The largest absolute Gasteiger partial charge is 0.496 e. The molecule has 0 saturated heterocycles. The smallest absolute Gasteiger partial charge is 0.126 e. The van der Waals surface area contributed by atoms with E-state index in [2.05, 4.69) is 39.5 Å². The van der Waals surface area contributed by atoms with E-state index in [1.54, 1.807) is 37.6 Å². The SMILES string of the molecule is COc1ccc(C#N)cc1/C=C(\C#N)c1c[nH]c2ccc(N=C=S)cc12. The van der Waals surface area contributed by atoms with Gasteiger partial charge in [-0.25, -0.2) is 0 Å². The standard InChI is InChI=1S/C20H12N4OS/c1-25-20-5-2-13(9-21)6-14(20)7-15(10-22)18-11-23-19-4-3-16(24-12-26)8-17(18)19/h2-8,11,23H,1H3/b15-7+. The van der Waals surface area contributed by atoms with Gasteiger partial charge in [0.25, 0.3) is 0 Å². The second-order valence-electron chi connectivity index (χ2n) is 5.37. The van der Waals surface area contributed by atoms with Crippen molar-refractivity contribution in [1.82, 2.24) is 4.98 Å². The summed E-state index contributed by atoms with van der Waals surface area (Å²) in [6, 6.07) is 14.9. The number of hydrogen-bond donors (Lipinski definition) is 1. The molecule has 0 radical (unpaired) electrons. The molecule has 0 unspecified atom stereocenters. The Morgan fingerprint density at radius 2 is 2.08 bits per heavy atom. The van der Waals surface area contributed by atoms with Gasteiger partial charge in [0.1, 0.15) is 5.75 Å². The molecule has 0 aliphatic rings. The summed E-state index contributed by atoms with van der Waals surface area (Å²) in [6.07, 6.45) is 3.47. The predicted molar refractivity (Wildman–Crippen MR) is 104 cm³/mol. The topological polar surface area (TPSA) is 85.0 Å². The Bertz CT molecular complexity index is 1150. The molecular weight excluding hydrogens is 344 g/mol. The van der Waals surface area contributed by atoms with Gasteiger partial charge in [0.15, 0.2) is 0 Å². The van der Waals surface area contributed by atoms with Crippen LogP contribution in [0.25, 0.3) is 22.6 Å². The van der Waals surface area contributed by atoms with E-state index in [1.807, 2.05) is 18.2 Å². The zero-order valence-electron chi connectivity index (χ0n) is 13.8. The number of ether oxygens (including phenoxy) is 1. The molecule has 1 aromatic heterocycles. The van der Waals surface area contributed by atoms with Gasteiger partial charge in [-0.05, 0) is 54.7 Å². The van der Waals surface area contributed by atoms with E-state index in [4.69, 9.17) is 10.00 Å². The number of hydrogen-bond acceptors (Lipinski definition) is 5. The number of nitrogens with one attached hydrogen (secondary N) is 1. The van der Waals surface area contributed by atoms with Crippen molar-refractivity contribution in [3.05, 3.63) is 59.3 Å². The lowest BCUT2D eigenvalue weighted by Crippen LogP contribution is -1.89. The first-order valence-corrected chi connectivity index (χ1v) is 8.00. The van der Waals surface area contributed by atoms with E-state index < -0.39 is 0 Å². The Hall–Kier alpha value is -3.70. The van der Waals surface area contributed by atoms with Crippen molar-refractivity contribution in [2.24, 2.45) is 4.99 Å². The molecule has 0 fully saturated rings. The molecule has 1 heterocycles. The van der Waals surface area contributed by atoms with E-state index in [9.17, 15) is 5.26 Å². The quantitative estimate of drug-likeness (QED) is 0.411. The van der Waals surface area contributed by atoms with Crippen molar-refractivity contribution in [1.29, 1.82) is 10.5 Å². The first kappa shape index (κ1) is 17.1. The first-order valence-electron chi connectivity index (χ1n) is 7.59. The highest BCUT2D eigenvalue weighted by Crippen LogP contribution is 2.31. The van der Waals surface area contributed by atoms with E-state index in [0.717, 1.165) is 16.5 Å². The third-order valence-electron chi connectivity index (χ3n) is 3.91. The van der Waals surface area contributed by atoms with Crippen LogP contribution in [0.3, 0.4) is 0 Å². The number of nitriles is 2. The summed E-state index contributed by atoms with van der Waals surface area (Å²) in [5, 5.41) is 22.0. The Balaban J connectivity index is 2.19. The van der Waals surface area contributed by atoms with Gasteiger partial charge in [-0.3, -0.25) is 0 Å². The average Bonchev–Trinajstić information content (AvgIpc) is 3.09. The third kappa shape index (κ3) is 3.24. The van der Waals surface area contributed by atoms with Gasteiger partial charge in [0.05, 0.1) is 41.2 Å². The van der Waals surface area contributed by atoms with Crippen LogP contribution in [0.5, 0.6) is 5.75 Å². The maximum atomic E-state index is 9.69. The summed E-state index contributed by atoms with van der Waals surface area (Å²) in [6.45, 7) is 0. The van der Waals surface area contributed by atoms with E-state index >= 15 is 0 Å². The normalized spacial score (nSPS) is 10.7. The molecule has 1 N–H and O–H groups in total. The van der Waals surface area contributed by atoms with Crippen LogP contribution in [0, 0.1) is 22.7 Å². The van der Waals surface area contributed by atoms with Crippen LogP contribution in [-0.4, -0.2) is 17.3 Å². The van der Waals surface area contributed by atoms with Crippen molar-refractivity contribution in [2.45, 2.75) is 0 Å². The molecule has 26 heavy (non-hydrogen) atoms. The number of benzene rings is 2. The van der Waals surface area contributed by atoms with Gasteiger partial charge in [0.2, 0.25) is 0 Å². The van der Waals surface area contributed by atoms with Crippen LogP contribution in [0.2, 0.25) is 0 Å². The number of allylic oxidation sites excluding steroid dienone is 1. The van der Waals surface area contributed by atoms with Crippen LogP contribution in [0.15, 0.2) is 47.6 Å². The van der Waals surface area contributed by atoms with Gasteiger partial charge in [-0.2, -0.15) is 15.5 Å². The predicted octanol–water partition coefficient (Wildman–Crippen LogP) is 4.85. The highest BCUT2D eigenvalue weighted by atomic mass is 32.1. The van der Waals surface area contributed by atoms with Gasteiger partial charge in [-0.15, -0.1) is 0 Å². The molecular formula is C20H12N4OS. The van der Waals surface area contributed by atoms with E-state index in [0.29, 0.717) is 28.1 Å². The molecule has 6 heteroatoms. The second-order valence-corrected chi connectivity index (χ2v) is 5.56. The number of nitrogens with zero attached hydrogens (tertiary/aromatic N) is 3. The molecule has 0 amide bonds. The summed E-state index contributed by atoms with van der Waals surface area (Å²) in [5.74, 6) is 0.586. The summed E-state index contributed by atoms with van der Waals surface area (Å²) in [7, 11) is 1.55. The molecule has 3 aromatic rings. The fourth-order valence-electron chi connectivity index (χ4n) is 2.70. The molecule has 0 aliphatic heterocycles. The first-order chi connectivity index (χ1) is 12.7. The molecule has 124 valence electrons. The molecule has 5 nitrogen and oxygen atoms in total. The number of aromatic amines is 1. The van der Waals surface area contributed by atoms with Crippen LogP contribution < -0.4 is 4.74 Å². The lowest BCUT2D eigenvalue weighted by Gasteiger charge is -2.06. The van der Waals surface area contributed by atoms with Crippen LogP contribution in [0.1, 0.15) is 16.7 Å². The van der Waals surface area contributed by atoms with Gasteiger partial charge < -0.3 is 9.72 Å². The second kappa shape index (κ2) is 7.46. The van der Waals surface area contributed by atoms with Crippen molar-refractivity contribution in [3.63, 3.8) is 0 Å². The zero-order valence-corrected chi connectivity index (χ0v) is 14.6. The van der Waals surface area contributed by atoms with E-state index in [-0.39, 0.29) is 0 Å². The van der Waals surface area contributed by atoms with Crippen molar-refractivity contribution in [3.8, 4) is 17.9 Å². The molecule has 3 rings (SSSR count). The average molecular weight is 356 g/mol. The number of rotatable bonds is 4. The molecule has 0 aliphatic carbocycles. The fraction of sp³-hybridized carbons (Fsp3) is 0.0500. The van der Waals surface area contributed by atoms with Gasteiger partial charge in [-0.1, -0.05) is 0 Å². The molecule has 0 atom stereocenters. The van der Waals surface area contributed by atoms with Crippen LogP contribution in [0.4, 0.5) is 5.69 Å². The minimum atomic E-state index is 0.438. The Morgan fingerprint density at radius 3 is 2.77 bits per heavy atom.